The number of carbonyl (C=O) groups excluding carboxylic acids is 3. The molecule has 1 spiro atoms. The first-order valence-electron chi connectivity index (χ1n) is 16.0. The minimum atomic E-state index is -0.848. The van der Waals surface area contributed by atoms with Crippen LogP contribution in [0.15, 0.2) is 79.9 Å². The minimum absolute atomic E-state index is 0.0785. The second kappa shape index (κ2) is 14.4. The fraction of sp³-hybridized carbons (Fsp3) is 0.472. The molecular weight excluding hydrogens is 666 g/mol. The summed E-state index contributed by atoms with van der Waals surface area (Å²) in [5.74, 6) is -1.28. The van der Waals surface area contributed by atoms with E-state index in [1.807, 2.05) is 75.4 Å². The number of anilines is 1. The van der Waals surface area contributed by atoms with Crippen molar-refractivity contribution < 1.29 is 24.2 Å². The van der Waals surface area contributed by atoms with E-state index < -0.39 is 28.7 Å². The number of carbonyl (C=O) groups is 3. The molecule has 2 bridgehead atoms. The van der Waals surface area contributed by atoms with Gasteiger partial charge in [0, 0.05) is 34.9 Å². The highest BCUT2D eigenvalue weighted by molar-refractivity contribution is 9.09. The van der Waals surface area contributed by atoms with Crippen molar-refractivity contribution in [3.8, 4) is 5.75 Å². The van der Waals surface area contributed by atoms with Gasteiger partial charge in [-0.25, -0.2) is 0 Å². The highest BCUT2D eigenvalue weighted by Gasteiger charge is 2.76. The average Bonchev–Trinajstić information content (AvgIpc) is 3.65. The van der Waals surface area contributed by atoms with Crippen LogP contribution in [0.3, 0.4) is 0 Å². The Morgan fingerprint density at radius 3 is 2.37 bits per heavy atom. The van der Waals surface area contributed by atoms with Gasteiger partial charge in [0.05, 0.1) is 35.8 Å². The Kier molecular flexibility index (Phi) is 10.7. The second-order valence-corrected chi connectivity index (χ2v) is 15.2. The summed E-state index contributed by atoms with van der Waals surface area (Å²) < 4.78 is 4.77. The molecule has 246 valence electrons. The molecule has 2 aromatic rings. The Morgan fingerprint density at radius 1 is 1.11 bits per heavy atom. The molecule has 2 aromatic carbocycles. The van der Waals surface area contributed by atoms with Crippen molar-refractivity contribution in [3.05, 3.63) is 85.5 Å². The van der Waals surface area contributed by atoms with Crippen LogP contribution in [0.1, 0.15) is 32.8 Å². The lowest BCUT2D eigenvalue weighted by molar-refractivity contribution is -0.146. The number of alkyl halides is 1. The van der Waals surface area contributed by atoms with E-state index in [1.165, 1.54) is 0 Å². The lowest BCUT2D eigenvalue weighted by Crippen LogP contribution is -2.59. The molecule has 3 heterocycles. The Morgan fingerprint density at radius 2 is 1.78 bits per heavy atom. The molecule has 3 aliphatic heterocycles. The maximum Gasteiger partial charge on any atom is 0.247 e. The molecule has 3 fully saturated rings. The van der Waals surface area contributed by atoms with Gasteiger partial charge in [-0.1, -0.05) is 58.4 Å². The van der Waals surface area contributed by atoms with Gasteiger partial charge in [-0.3, -0.25) is 14.4 Å². The van der Waals surface area contributed by atoms with E-state index >= 15 is 0 Å². The number of benzene rings is 2. The number of amides is 3. The normalized spacial score (nSPS) is 27.0. The molecule has 3 unspecified atom stereocenters. The third-order valence-corrected chi connectivity index (χ3v) is 12.7. The molecule has 0 aliphatic carbocycles. The summed E-state index contributed by atoms with van der Waals surface area (Å²) in [5, 5.41) is 10.6. The molecule has 1 N–H and O–H groups in total. The van der Waals surface area contributed by atoms with E-state index in [4.69, 9.17) is 4.74 Å². The summed E-state index contributed by atoms with van der Waals surface area (Å²) in [7, 11) is 0. The second-order valence-electron chi connectivity index (χ2n) is 12.5. The quantitative estimate of drug-likeness (QED) is 0.217. The topological polar surface area (TPSA) is 90.4 Å². The van der Waals surface area contributed by atoms with Crippen LogP contribution in [0.4, 0.5) is 5.69 Å². The number of thioether (sulfide) groups is 1. The van der Waals surface area contributed by atoms with E-state index in [2.05, 4.69) is 29.1 Å². The van der Waals surface area contributed by atoms with Crippen LogP contribution < -0.4 is 9.64 Å². The summed E-state index contributed by atoms with van der Waals surface area (Å²) in [6, 6.07) is 15.4. The Bertz CT molecular complexity index is 1440. The number of halogens is 1. The summed E-state index contributed by atoms with van der Waals surface area (Å²) >= 11 is 5.48. The van der Waals surface area contributed by atoms with Gasteiger partial charge < -0.3 is 24.5 Å². The van der Waals surface area contributed by atoms with Gasteiger partial charge in [-0.15, -0.1) is 24.9 Å². The number of ether oxygens (including phenoxy) is 1. The van der Waals surface area contributed by atoms with Crippen molar-refractivity contribution >= 4 is 51.1 Å². The van der Waals surface area contributed by atoms with E-state index in [0.29, 0.717) is 37.4 Å². The van der Waals surface area contributed by atoms with E-state index in [-0.39, 0.29) is 47.0 Å². The van der Waals surface area contributed by atoms with Crippen LogP contribution >= 0.6 is 27.7 Å². The molecule has 3 saturated heterocycles. The molecule has 46 heavy (non-hydrogen) atoms. The maximum atomic E-state index is 14.9. The summed E-state index contributed by atoms with van der Waals surface area (Å²) in [4.78, 5) is 49.3. The van der Waals surface area contributed by atoms with Gasteiger partial charge in [-0.05, 0) is 63.4 Å². The third kappa shape index (κ3) is 6.04. The predicted octanol–water partition coefficient (Wildman–Crippen LogP) is 5.10. The van der Waals surface area contributed by atoms with Gasteiger partial charge in [0.2, 0.25) is 17.7 Å². The SMILES string of the molecule is C=CCN(C(=O)[C@H]1[C@@H]2SC3(CC2Br)C(C(=O)N(CC=C)C(C)C)N([C@@H](CO)Cc2ccccc2)C(=O)[C@H]13)c1ccc(OCC)cc1. The number of likely N-dealkylation sites (tertiary alicyclic amines) is 1. The number of nitrogens with zero attached hydrogens (tertiary/aromatic N) is 3. The van der Waals surface area contributed by atoms with Crippen molar-refractivity contribution in [1.82, 2.24) is 9.80 Å². The Hall–Kier alpha value is -3.08. The highest BCUT2D eigenvalue weighted by Crippen LogP contribution is 2.68. The average molecular weight is 711 g/mol. The van der Waals surface area contributed by atoms with Gasteiger partial charge >= 0.3 is 0 Å². The van der Waals surface area contributed by atoms with Crippen LogP contribution in [0.25, 0.3) is 0 Å². The van der Waals surface area contributed by atoms with Gasteiger partial charge in [0.15, 0.2) is 0 Å². The zero-order valence-corrected chi connectivity index (χ0v) is 29.2. The molecule has 0 aromatic heterocycles. The van der Waals surface area contributed by atoms with Gasteiger partial charge in [-0.2, -0.15) is 0 Å². The number of hydrogen-bond acceptors (Lipinski definition) is 6. The van der Waals surface area contributed by atoms with E-state index in [1.54, 1.807) is 38.6 Å². The van der Waals surface area contributed by atoms with E-state index in [9.17, 15) is 19.5 Å². The molecule has 0 saturated carbocycles. The number of fused-ring (bicyclic) bond motifs is 1. The van der Waals surface area contributed by atoms with Gasteiger partial charge in [0.25, 0.3) is 0 Å². The van der Waals surface area contributed by atoms with Crippen LogP contribution in [-0.2, 0) is 20.8 Å². The van der Waals surface area contributed by atoms with Crippen LogP contribution in [-0.4, -0.2) is 91.9 Å². The third-order valence-electron chi connectivity index (χ3n) is 9.43. The monoisotopic (exact) mass is 709 g/mol. The van der Waals surface area contributed by atoms with Crippen molar-refractivity contribution in [2.24, 2.45) is 11.8 Å². The molecule has 3 amide bonds. The van der Waals surface area contributed by atoms with Gasteiger partial charge in [0.1, 0.15) is 11.8 Å². The Balaban J connectivity index is 1.59. The lowest BCUT2D eigenvalue weighted by Gasteiger charge is -2.41. The first kappa shape index (κ1) is 34.3. The first-order chi connectivity index (χ1) is 22.1. The van der Waals surface area contributed by atoms with Crippen molar-refractivity contribution in [1.29, 1.82) is 0 Å². The molecule has 5 rings (SSSR count). The zero-order valence-electron chi connectivity index (χ0n) is 26.8. The standard InChI is InChI=1S/C36H44BrN3O5S/c1-6-18-38(23(4)5)35(44)32-36-21-28(37)31(46-36)29(33(42)39(19-7-2)25-14-16-27(17-15-25)45-8-3)30(36)34(43)40(32)26(22-41)20-24-12-10-9-11-13-24/h6-7,9-17,23,26,28-32,41H,1-2,8,18-22H2,3-5H3/t26-,28?,29-,30+,31-,32?,36?/m1/s1. The van der Waals surface area contributed by atoms with E-state index in [0.717, 1.165) is 5.56 Å². The fourth-order valence-electron chi connectivity index (χ4n) is 7.53. The van der Waals surface area contributed by atoms with Crippen molar-refractivity contribution in [2.45, 2.75) is 66.6 Å². The van der Waals surface area contributed by atoms with Crippen LogP contribution in [0.2, 0.25) is 0 Å². The Labute approximate surface area is 285 Å². The lowest BCUT2D eigenvalue weighted by atomic mass is 9.70. The molecule has 7 atom stereocenters. The molecule has 3 aliphatic rings. The zero-order chi connectivity index (χ0) is 33.2. The molecule has 0 radical (unpaired) electrons. The highest BCUT2D eigenvalue weighted by atomic mass is 79.9. The fourth-order valence-corrected chi connectivity index (χ4v) is 11.1. The summed E-state index contributed by atoms with van der Waals surface area (Å²) in [6.45, 7) is 14.4. The van der Waals surface area contributed by atoms with Crippen molar-refractivity contribution in [3.63, 3.8) is 0 Å². The number of rotatable bonds is 14. The molecular formula is C36H44BrN3O5S. The summed E-state index contributed by atoms with van der Waals surface area (Å²) in [6.07, 6.45) is 4.33. The largest absolute Gasteiger partial charge is 0.494 e. The van der Waals surface area contributed by atoms with Crippen LogP contribution in [0, 0.1) is 11.8 Å². The number of hydrogen-bond donors (Lipinski definition) is 1. The smallest absolute Gasteiger partial charge is 0.247 e. The van der Waals surface area contributed by atoms with Crippen molar-refractivity contribution in [2.75, 3.05) is 31.2 Å². The molecule has 10 heteroatoms. The van der Waals surface area contributed by atoms with Crippen LogP contribution in [0.5, 0.6) is 5.75 Å². The predicted molar refractivity (Wildman–Crippen MR) is 187 cm³/mol. The minimum Gasteiger partial charge on any atom is -0.494 e. The summed E-state index contributed by atoms with van der Waals surface area (Å²) in [5.41, 5.74) is 1.64. The number of aliphatic hydroxyl groups is 1. The first-order valence-corrected chi connectivity index (χ1v) is 17.8. The number of aliphatic hydroxyl groups excluding tert-OH is 1. The maximum absolute atomic E-state index is 14.9. The molecule has 8 nitrogen and oxygen atoms in total.